The minimum atomic E-state index is -0.720. The number of nitrogens with one attached hydrogen (secondary N) is 1. The molecule has 0 saturated heterocycles. The molecule has 0 radical (unpaired) electrons. The average Bonchev–Trinajstić information content (AvgIpc) is 3.14. The molecule has 3 aromatic heterocycles. The van der Waals surface area contributed by atoms with Crippen LogP contribution in [0.4, 0.5) is 0 Å². The van der Waals surface area contributed by atoms with E-state index in [4.69, 9.17) is 4.42 Å². The largest absolute Gasteiger partial charge is 0.467 e. The standard InChI is InChI=1S/C15H15N3O4S/c1-8-9(2)23-15-16-6-10(14(21)18(8)15)13(20)17-11(7-19)12-4-3-5-22-12/h3-6,11,19H,7H2,1-2H3,(H,17,20). The van der Waals surface area contributed by atoms with Gasteiger partial charge in [0.05, 0.1) is 12.9 Å². The smallest absolute Gasteiger partial charge is 0.271 e. The number of carbonyl (C=O) groups excluding carboxylic acids is 1. The van der Waals surface area contributed by atoms with Crippen LogP contribution in [-0.4, -0.2) is 27.0 Å². The molecule has 7 nitrogen and oxygen atoms in total. The third-order valence-corrected chi connectivity index (χ3v) is 4.71. The quantitative estimate of drug-likeness (QED) is 0.753. The molecule has 3 heterocycles. The van der Waals surface area contributed by atoms with Gasteiger partial charge in [0.15, 0.2) is 4.96 Å². The molecule has 0 saturated carbocycles. The molecule has 1 unspecified atom stereocenters. The molecule has 2 N–H and O–H groups in total. The molecule has 0 bridgehead atoms. The number of hydrogen-bond donors (Lipinski definition) is 2. The molecule has 0 aliphatic heterocycles. The number of fused-ring (bicyclic) bond motifs is 1. The highest BCUT2D eigenvalue weighted by atomic mass is 32.1. The number of aryl methyl sites for hydroxylation is 2. The third-order valence-electron chi connectivity index (χ3n) is 3.64. The van der Waals surface area contributed by atoms with Gasteiger partial charge in [0.1, 0.15) is 17.4 Å². The van der Waals surface area contributed by atoms with Crippen molar-refractivity contribution in [3.63, 3.8) is 0 Å². The van der Waals surface area contributed by atoms with Crippen LogP contribution in [0, 0.1) is 13.8 Å². The summed E-state index contributed by atoms with van der Waals surface area (Å²) in [6.45, 7) is 3.36. The van der Waals surface area contributed by atoms with E-state index in [-0.39, 0.29) is 12.2 Å². The number of furan rings is 1. The van der Waals surface area contributed by atoms with Gasteiger partial charge in [-0.05, 0) is 26.0 Å². The Morgan fingerprint density at radius 2 is 2.30 bits per heavy atom. The van der Waals surface area contributed by atoms with Crippen molar-refractivity contribution in [3.05, 3.63) is 56.8 Å². The maximum Gasteiger partial charge on any atom is 0.271 e. The van der Waals surface area contributed by atoms with E-state index in [1.54, 1.807) is 12.1 Å². The lowest BCUT2D eigenvalue weighted by atomic mass is 10.2. The zero-order chi connectivity index (χ0) is 16.6. The van der Waals surface area contributed by atoms with Crippen LogP contribution in [0.3, 0.4) is 0 Å². The first-order valence-electron chi connectivity index (χ1n) is 6.95. The van der Waals surface area contributed by atoms with Crippen molar-refractivity contribution in [1.29, 1.82) is 0 Å². The van der Waals surface area contributed by atoms with E-state index in [0.29, 0.717) is 10.7 Å². The number of aliphatic hydroxyl groups is 1. The van der Waals surface area contributed by atoms with E-state index in [1.807, 2.05) is 13.8 Å². The molecule has 3 rings (SSSR count). The second-order valence-electron chi connectivity index (χ2n) is 5.06. The normalized spacial score (nSPS) is 12.5. The highest BCUT2D eigenvalue weighted by Crippen LogP contribution is 2.18. The Morgan fingerprint density at radius 3 is 2.96 bits per heavy atom. The fourth-order valence-corrected chi connectivity index (χ4v) is 3.19. The van der Waals surface area contributed by atoms with Crippen molar-refractivity contribution < 1.29 is 14.3 Å². The number of thiazole rings is 1. The summed E-state index contributed by atoms with van der Waals surface area (Å²) in [7, 11) is 0. The van der Waals surface area contributed by atoms with Gasteiger partial charge in [-0.3, -0.25) is 14.0 Å². The monoisotopic (exact) mass is 333 g/mol. The molecule has 3 aromatic rings. The summed E-state index contributed by atoms with van der Waals surface area (Å²) in [6, 6.07) is 2.58. The number of nitrogens with zero attached hydrogens (tertiary/aromatic N) is 2. The summed E-state index contributed by atoms with van der Waals surface area (Å²) >= 11 is 1.39. The average molecular weight is 333 g/mol. The van der Waals surface area contributed by atoms with E-state index >= 15 is 0 Å². The van der Waals surface area contributed by atoms with Crippen molar-refractivity contribution in [2.45, 2.75) is 19.9 Å². The van der Waals surface area contributed by atoms with Gasteiger partial charge >= 0.3 is 0 Å². The summed E-state index contributed by atoms with van der Waals surface area (Å²) in [5.74, 6) is -0.187. The van der Waals surface area contributed by atoms with Gasteiger partial charge in [-0.25, -0.2) is 4.98 Å². The minimum absolute atomic E-state index is 0.0755. The first kappa shape index (κ1) is 15.4. The molecule has 8 heteroatoms. The summed E-state index contributed by atoms with van der Waals surface area (Å²) < 4.78 is 6.60. The Balaban J connectivity index is 1.96. The number of amides is 1. The Labute approximate surface area is 135 Å². The van der Waals surface area contributed by atoms with Crippen molar-refractivity contribution in [1.82, 2.24) is 14.7 Å². The molecule has 0 fully saturated rings. The van der Waals surface area contributed by atoms with Crippen molar-refractivity contribution in [3.8, 4) is 0 Å². The van der Waals surface area contributed by atoms with Gasteiger partial charge in [0.25, 0.3) is 11.5 Å². The van der Waals surface area contributed by atoms with Crippen LogP contribution in [0.1, 0.15) is 32.7 Å². The molecular weight excluding hydrogens is 318 g/mol. The topological polar surface area (TPSA) is 96.8 Å². The summed E-state index contributed by atoms with van der Waals surface area (Å²) in [5.41, 5.74) is 0.265. The lowest BCUT2D eigenvalue weighted by Gasteiger charge is -2.13. The predicted octanol–water partition coefficient (Wildman–Crippen LogP) is 1.43. The molecule has 23 heavy (non-hydrogen) atoms. The lowest BCUT2D eigenvalue weighted by Crippen LogP contribution is -2.35. The van der Waals surface area contributed by atoms with Gasteiger partial charge in [0.2, 0.25) is 0 Å². The first-order chi connectivity index (χ1) is 11.0. The van der Waals surface area contributed by atoms with Crippen LogP contribution in [0.2, 0.25) is 0 Å². The zero-order valence-corrected chi connectivity index (χ0v) is 13.4. The highest BCUT2D eigenvalue weighted by molar-refractivity contribution is 7.17. The second kappa shape index (κ2) is 5.98. The third kappa shape index (κ3) is 2.66. The molecule has 0 spiro atoms. The van der Waals surface area contributed by atoms with Crippen LogP contribution in [0.25, 0.3) is 4.96 Å². The number of aliphatic hydroxyl groups excluding tert-OH is 1. The van der Waals surface area contributed by atoms with Crippen molar-refractivity contribution in [2.75, 3.05) is 6.61 Å². The van der Waals surface area contributed by atoms with Crippen LogP contribution in [0.15, 0.2) is 33.8 Å². The van der Waals surface area contributed by atoms with E-state index in [1.165, 1.54) is 28.2 Å². The van der Waals surface area contributed by atoms with Crippen LogP contribution in [-0.2, 0) is 0 Å². The Morgan fingerprint density at radius 1 is 1.52 bits per heavy atom. The van der Waals surface area contributed by atoms with Gasteiger partial charge in [-0.1, -0.05) is 0 Å². The van der Waals surface area contributed by atoms with Crippen LogP contribution < -0.4 is 10.9 Å². The molecule has 1 atom stereocenters. The first-order valence-corrected chi connectivity index (χ1v) is 7.77. The molecule has 1 amide bonds. The van der Waals surface area contributed by atoms with Crippen LogP contribution >= 0.6 is 11.3 Å². The summed E-state index contributed by atoms with van der Waals surface area (Å²) in [5, 5.41) is 12.0. The fraction of sp³-hybridized carbons (Fsp3) is 0.267. The Hall–Kier alpha value is -2.45. The molecule has 120 valence electrons. The molecule has 0 aliphatic rings. The van der Waals surface area contributed by atoms with Gasteiger partial charge < -0.3 is 14.8 Å². The maximum atomic E-state index is 12.5. The number of hydrogen-bond acceptors (Lipinski definition) is 6. The van der Waals surface area contributed by atoms with Gasteiger partial charge in [-0.2, -0.15) is 0 Å². The van der Waals surface area contributed by atoms with E-state index < -0.39 is 17.5 Å². The number of aromatic nitrogens is 2. The predicted molar refractivity (Wildman–Crippen MR) is 84.8 cm³/mol. The minimum Gasteiger partial charge on any atom is -0.467 e. The fourth-order valence-electron chi connectivity index (χ4n) is 2.26. The highest BCUT2D eigenvalue weighted by Gasteiger charge is 2.21. The second-order valence-corrected chi connectivity index (χ2v) is 6.24. The Bertz CT molecular complexity index is 911. The number of carbonyl (C=O) groups is 1. The van der Waals surface area contributed by atoms with Crippen molar-refractivity contribution >= 4 is 22.2 Å². The molecular formula is C15H15N3O4S. The van der Waals surface area contributed by atoms with Crippen LogP contribution in [0.5, 0.6) is 0 Å². The maximum absolute atomic E-state index is 12.5. The van der Waals surface area contributed by atoms with E-state index in [9.17, 15) is 14.7 Å². The van der Waals surface area contributed by atoms with Gasteiger partial charge in [0, 0.05) is 16.8 Å². The van der Waals surface area contributed by atoms with Crippen molar-refractivity contribution in [2.24, 2.45) is 0 Å². The summed E-state index contributed by atoms with van der Waals surface area (Å²) in [4.78, 5) is 30.6. The molecule has 0 aromatic carbocycles. The molecule has 0 aliphatic carbocycles. The Kier molecular flexibility index (Phi) is 4.01. The number of rotatable bonds is 4. The summed E-state index contributed by atoms with van der Waals surface area (Å²) in [6.07, 6.45) is 2.71. The van der Waals surface area contributed by atoms with Gasteiger partial charge in [-0.15, -0.1) is 11.3 Å². The van der Waals surface area contributed by atoms with E-state index in [0.717, 1.165) is 10.6 Å². The van der Waals surface area contributed by atoms with E-state index in [2.05, 4.69) is 10.3 Å². The lowest BCUT2D eigenvalue weighted by molar-refractivity contribution is 0.0905. The SMILES string of the molecule is Cc1sc2ncc(C(=O)NC(CO)c3ccco3)c(=O)n2c1C. The zero-order valence-electron chi connectivity index (χ0n) is 12.6.